The van der Waals surface area contributed by atoms with Crippen LogP contribution in [0.3, 0.4) is 0 Å². The molecule has 1 N–H and O–H groups in total. The zero-order chi connectivity index (χ0) is 22.3. The van der Waals surface area contributed by atoms with E-state index in [9.17, 15) is 18.0 Å². The molecule has 0 fully saturated rings. The second-order valence-electron chi connectivity index (χ2n) is 7.18. The van der Waals surface area contributed by atoms with Crippen molar-refractivity contribution in [3.63, 3.8) is 0 Å². The van der Waals surface area contributed by atoms with Gasteiger partial charge in [-0.15, -0.1) is 0 Å². The zero-order valence-electron chi connectivity index (χ0n) is 17.8. The lowest BCUT2D eigenvalue weighted by Crippen LogP contribution is -2.51. The highest BCUT2D eigenvalue weighted by atomic mass is 32.2. The number of hydrogen-bond acceptors (Lipinski definition) is 4. The summed E-state index contributed by atoms with van der Waals surface area (Å²) < 4.78 is 25.8. The molecule has 2 aromatic carbocycles. The summed E-state index contributed by atoms with van der Waals surface area (Å²) in [4.78, 5) is 27.1. The second kappa shape index (κ2) is 10.2. The Bertz CT molecular complexity index is 960. The van der Waals surface area contributed by atoms with Crippen LogP contribution >= 0.6 is 0 Å². The summed E-state index contributed by atoms with van der Waals surface area (Å²) in [5.41, 5.74) is 2.34. The molecule has 0 aromatic heterocycles. The van der Waals surface area contributed by atoms with Gasteiger partial charge in [-0.2, -0.15) is 0 Å². The van der Waals surface area contributed by atoms with E-state index in [1.165, 1.54) is 4.90 Å². The van der Waals surface area contributed by atoms with Crippen molar-refractivity contribution in [2.24, 2.45) is 0 Å². The number of aryl methyl sites for hydroxylation is 1. The number of carbonyl (C=O) groups is 2. The lowest BCUT2D eigenvalue weighted by Gasteiger charge is -2.31. The molecule has 30 heavy (non-hydrogen) atoms. The predicted octanol–water partition coefficient (Wildman–Crippen LogP) is 2.31. The van der Waals surface area contributed by atoms with Crippen LogP contribution in [0.4, 0.5) is 5.69 Å². The first-order chi connectivity index (χ1) is 14.1. The Hall–Kier alpha value is -2.87. The maximum Gasteiger partial charge on any atom is 0.244 e. The minimum Gasteiger partial charge on any atom is -0.355 e. The van der Waals surface area contributed by atoms with Gasteiger partial charge in [0.2, 0.25) is 21.8 Å². The van der Waals surface area contributed by atoms with Crippen LogP contribution in [0, 0.1) is 6.92 Å². The van der Waals surface area contributed by atoms with E-state index in [0.717, 1.165) is 21.7 Å². The van der Waals surface area contributed by atoms with Crippen LogP contribution in [0.1, 0.15) is 25.0 Å². The van der Waals surface area contributed by atoms with Crippen molar-refractivity contribution in [3.05, 3.63) is 65.7 Å². The molecule has 2 amide bonds. The Labute approximate surface area is 178 Å². The van der Waals surface area contributed by atoms with E-state index in [4.69, 9.17) is 0 Å². The van der Waals surface area contributed by atoms with E-state index in [0.29, 0.717) is 12.2 Å². The minimum absolute atomic E-state index is 0.198. The van der Waals surface area contributed by atoms with Gasteiger partial charge in [0.15, 0.2) is 0 Å². The Morgan fingerprint density at radius 1 is 1.03 bits per heavy atom. The summed E-state index contributed by atoms with van der Waals surface area (Å²) in [6.45, 7) is 5.66. The lowest BCUT2D eigenvalue weighted by atomic mass is 10.1. The Kier molecular flexibility index (Phi) is 8.00. The first kappa shape index (κ1) is 23.4. The molecule has 2 rings (SSSR count). The molecule has 0 radical (unpaired) electrons. The molecule has 0 spiro atoms. The largest absolute Gasteiger partial charge is 0.355 e. The molecule has 8 heteroatoms. The van der Waals surface area contributed by atoms with Crippen LogP contribution < -0.4 is 9.62 Å². The van der Waals surface area contributed by atoms with Gasteiger partial charge in [-0.3, -0.25) is 13.9 Å². The SMILES string of the molecule is CCNC(=O)[C@@H](C)N(Cc1ccc(C)cc1)C(=O)CN(c1ccccc1)S(C)(=O)=O. The molecule has 0 heterocycles. The molecule has 0 bridgehead atoms. The molecule has 162 valence electrons. The zero-order valence-corrected chi connectivity index (χ0v) is 18.6. The fourth-order valence-electron chi connectivity index (χ4n) is 3.00. The predicted molar refractivity (Wildman–Crippen MR) is 119 cm³/mol. The highest BCUT2D eigenvalue weighted by Gasteiger charge is 2.29. The van der Waals surface area contributed by atoms with Gasteiger partial charge >= 0.3 is 0 Å². The van der Waals surface area contributed by atoms with Gasteiger partial charge in [-0.05, 0) is 38.5 Å². The summed E-state index contributed by atoms with van der Waals surface area (Å²) in [5, 5.41) is 2.73. The molecule has 2 aromatic rings. The van der Waals surface area contributed by atoms with Gasteiger partial charge in [0.25, 0.3) is 0 Å². The van der Waals surface area contributed by atoms with Crippen LogP contribution in [0.25, 0.3) is 0 Å². The normalized spacial score (nSPS) is 12.1. The number of anilines is 1. The first-order valence-corrected chi connectivity index (χ1v) is 11.6. The standard InChI is InChI=1S/C22H29N3O4S/c1-5-23-22(27)18(3)24(15-19-13-11-17(2)12-14-19)21(26)16-25(30(4,28)29)20-9-7-6-8-10-20/h6-14,18H,5,15-16H2,1-4H3,(H,23,27)/t18-/m1/s1. The molecule has 0 aliphatic carbocycles. The number of carbonyl (C=O) groups excluding carboxylic acids is 2. The average Bonchev–Trinajstić information content (AvgIpc) is 2.71. The topological polar surface area (TPSA) is 86.8 Å². The van der Waals surface area contributed by atoms with Gasteiger partial charge in [0, 0.05) is 13.1 Å². The number of rotatable bonds is 9. The van der Waals surface area contributed by atoms with E-state index >= 15 is 0 Å². The number of amides is 2. The van der Waals surface area contributed by atoms with Gasteiger partial charge in [0.05, 0.1) is 11.9 Å². The van der Waals surface area contributed by atoms with Crippen molar-refractivity contribution in [2.75, 3.05) is 23.7 Å². The number of sulfonamides is 1. The van der Waals surface area contributed by atoms with Crippen LogP contribution in [0.5, 0.6) is 0 Å². The third kappa shape index (κ3) is 6.32. The number of hydrogen-bond donors (Lipinski definition) is 1. The number of nitrogens with zero attached hydrogens (tertiary/aromatic N) is 2. The van der Waals surface area contributed by atoms with Crippen LogP contribution in [0.2, 0.25) is 0 Å². The van der Waals surface area contributed by atoms with E-state index in [2.05, 4.69) is 5.32 Å². The summed E-state index contributed by atoms with van der Waals surface area (Å²) in [6, 6.07) is 15.3. The van der Waals surface area contributed by atoms with Crippen molar-refractivity contribution in [2.45, 2.75) is 33.4 Å². The Morgan fingerprint density at radius 3 is 2.17 bits per heavy atom. The van der Waals surface area contributed by atoms with Crippen LogP contribution in [-0.2, 0) is 26.2 Å². The van der Waals surface area contributed by atoms with Crippen molar-refractivity contribution in [3.8, 4) is 0 Å². The fourth-order valence-corrected chi connectivity index (χ4v) is 3.85. The molecule has 0 saturated carbocycles. The second-order valence-corrected chi connectivity index (χ2v) is 9.09. The molecule has 1 atom stereocenters. The van der Waals surface area contributed by atoms with E-state index < -0.39 is 28.5 Å². The van der Waals surface area contributed by atoms with Crippen LogP contribution in [-0.4, -0.2) is 50.5 Å². The van der Waals surface area contributed by atoms with Crippen LogP contribution in [0.15, 0.2) is 54.6 Å². The molecule has 0 aliphatic rings. The van der Waals surface area contributed by atoms with E-state index in [-0.39, 0.29) is 12.5 Å². The lowest BCUT2D eigenvalue weighted by molar-refractivity contribution is -0.139. The molecule has 0 aliphatic heterocycles. The summed E-state index contributed by atoms with van der Waals surface area (Å²) in [7, 11) is -3.70. The summed E-state index contributed by atoms with van der Waals surface area (Å²) in [6.07, 6.45) is 1.06. The number of likely N-dealkylation sites (N-methyl/N-ethyl adjacent to an activating group) is 1. The first-order valence-electron chi connectivity index (χ1n) is 9.79. The number of para-hydroxylation sites is 1. The highest BCUT2D eigenvalue weighted by Crippen LogP contribution is 2.18. The summed E-state index contributed by atoms with van der Waals surface area (Å²) in [5.74, 6) is -0.743. The number of nitrogens with one attached hydrogen (secondary N) is 1. The third-order valence-electron chi connectivity index (χ3n) is 4.72. The maximum atomic E-state index is 13.2. The van der Waals surface area contributed by atoms with Gasteiger partial charge in [0.1, 0.15) is 12.6 Å². The van der Waals surface area contributed by atoms with E-state index in [1.807, 2.05) is 31.2 Å². The molecular formula is C22H29N3O4S. The number of benzene rings is 2. The van der Waals surface area contributed by atoms with Gasteiger partial charge < -0.3 is 10.2 Å². The minimum atomic E-state index is -3.70. The molecule has 7 nitrogen and oxygen atoms in total. The maximum absolute atomic E-state index is 13.2. The molecule has 0 saturated heterocycles. The van der Waals surface area contributed by atoms with Gasteiger partial charge in [-0.25, -0.2) is 8.42 Å². The fraction of sp³-hybridized carbons (Fsp3) is 0.364. The van der Waals surface area contributed by atoms with Crippen molar-refractivity contribution in [1.82, 2.24) is 10.2 Å². The highest BCUT2D eigenvalue weighted by molar-refractivity contribution is 7.92. The van der Waals surface area contributed by atoms with E-state index in [1.54, 1.807) is 44.2 Å². The average molecular weight is 432 g/mol. The quantitative estimate of drug-likeness (QED) is 0.660. The smallest absolute Gasteiger partial charge is 0.244 e. The monoisotopic (exact) mass is 431 g/mol. The molecule has 0 unspecified atom stereocenters. The summed E-state index contributed by atoms with van der Waals surface area (Å²) >= 11 is 0. The Morgan fingerprint density at radius 2 is 1.63 bits per heavy atom. The van der Waals surface area contributed by atoms with Crippen molar-refractivity contribution in [1.29, 1.82) is 0 Å². The Balaban J connectivity index is 2.34. The van der Waals surface area contributed by atoms with Crippen molar-refractivity contribution >= 4 is 27.5 Å². The third-order valence-corrected chi connectivity index (χ3v) is 5.86. The molecular weight excluding hydrogens is 402 g/mol. The van der Waals surface area contributed by atoms with Crippen molar-refractivity contribution < 1.29 is 18.0 Å². The van der Waals surface area contributed by atoms with Gasteiger partial charge in [-0.1, -0.05) is 48.0 Å².